The molecule has 26 heavy (non-hydrogen) atoms. The van der Waals surface area contributed by atoms with E-state index in [-0.39, 0.29) is 19.1 Å². The number of aliphatic carboxylic acids is 1. The fraction of sp³-hybridized carbons (Fsp3) is 0.579. The van der Waals surface area contributed by atoms with E-state index in [1.165, 1.54) is 7.11 Å². The van der Waals surface area contributed by atoms with Gasteiger partial charge in [0.05, 0.1) is 18.8 Å². The SMILES string of the molecule is CCOCCOc1ccccc1C(=O)N1CCCC(COC)(C(=O)O)C1. The molecule has 0 aliphatic carbocycles. The molecule has 1 aliphatic rings. The normalized spacial score (nSPS) is 20.0. The lowest BCUT2D eigenvalue weighted by Crippen LogP contribution is -2.52. The number of nitrogens with zero attached hydrogens (tertiary/aromatic N) is 1. The zero-order valence-corrected chi connectivity index (χ0v) is 15.4. The highest BCUT2D eigenvalue weighted by Crippen LogP contribution is 2.32. The Morgan fingerprint density at radius 2 is 2.04 bits per heavy atom. The zero-order chi connectivity index (χ0) is 19.0. The number of likely N-dealkylation sites (tertiary alicyclic amines) is 1. The van der Waals surface area contributed by atoms with Crippen molar-refractivity contribution in [2.24, 2.45) is 5.41 Å². The average molecular weight is 365 g/mol. The number of amides is 1. The number of para-hydroxylation sites is 1. The standard InChI is InChI=1S/C19H27NO6/c1-3-25-11-12-26-16-8-5-4-7-15(16)17(21)20-10-6-9-19(13-20,14-24-2)18(22)23/h4-5,7-8H,3,6,9-14H2,1-2H3,(H,22,23). The van der Waals surface area contributed by atoms with Crippen molar-refractivity contribution in [3.05, 3.63) is 29.8 Å². The second kappa shape index (κ2) is 9.54. The van der Waals surface area contributed by atoms with Gasteiger partial charge < -0.3 is 24.2 Å². The molecule has 144 valence electrons. The minimum Gasteiger partial charge on any atom is -0.490 e. The van der Waals surface area contributed by atoms with Crippen LogP contribution in [0.2, 0.25) is 0 Å². The first kappa shape index (κ1) is 20.2. The topological polar surface area (TPSA) is 85.3 Å². The van der Waals surface area contributed by atoms with Crippen LogP contribution in [0.25, 0.3) is 0 Å². The summed E-state index contributed by atoms with van der Waals surface area (Å²) in [6.07, 6.45) is 1.11. The quantitative estimate of drug-likeness (QED) is 0.674. The van der Waals surface area contributed by atoms with E-state index in [2.05, 4.69) is 0 Å². The molecule has 2 rings (SSSR count). The maximum Gasteiger partial charge on any atom is 0.313 e. The Kier molecular flexibility index (Phi) is 7.41. The minimum absolute atomic E-state index is 0.0820. The first-order chi connectivity index (χ1) is 12.5. The average Bonchev–Trinajstić information content (AvgIpc) is 2.65. The molecule has 1 amide bonds. The summed E-state index contributed by atoms with van der Waals surface area (Å²) in [4.78, 5) is 26.4. The Morgan fingerprint density at radius 1 is 1.27 bits per heavy atom. The Hall–Kier alpha value is -2.12. The summed E-state index contributed by atoms with van der Waals surface area (Å²) in [6, 6.07) is 7.01. The number of carbonyl (C=O) groups excluding carboxylic acids is 1. The van der Waals surface area contributed by atoms with Crippen molar-refractivity contribution in [1.29, 1.82) is 0 Å². The number of methoxy groups -OCH3 is 1. The van der Waals surface area contributed by atoms with E-state index in [4.69, 9.17) is 14.2 Å². The van der Waals surface area contributed by atoms with Gasteiger partial charge in [-0.05, 0) is 31.9 Å². The number of rotatable bonds is 9. The van der Waals surface area contributed by atoms with Gasteiger partial charge in [-0.2, -0.15) is 0 Å². The summed E-state index contributed by atoms with van der Waals surface area (Å²) >= 11 is 0. The Bertz CT molecular complexity index is 616. The van der Waals surface area contributed by atoms with Crippen LogP contribution in [0.3, 0.4) is 0 Å². The highest BCUT2D eigenvalue weighted by molar-refractivity contribution is 5.97. The van der Waals surface area contributed by atoms with Crippen molar-refractivity contribution in [3.63, 3.8) is 0 Å². The zero-order valence-electron chi connectivity index (χ0n) is 15.4. The van der Waals surface area contributed by atoms with E-state index >= 15 is 0 Å². The molecule has 0 radical (unpaired) electrons. The van der Waals surface area contributed by atoms with Crippen LogP contribution in [0.5, 0.6) is 5.75 Å². The van der Waals surface area contributed by atoms with Crippen LogP contribution >= 0.6 is 0 Å². The fourth-order valence-corrected chi connectivity index (χ4v) is 3.23. The van der Waals surface area contributed by atoms with Gasteiger partial charge in [0.2, 0.25) is 0 Å². The molecule has 1 aliphatic heterocycles. The molecule has 1 unspecified atom stereocenters. The van der Waals surface area contributed by atoms with Crippen LogP contribution in [0, 0.1) is 5.41 Å². The van der Waals surface area contributed by atoms with Gasteiger partial charge in [0.15, 0.2) is 0 Å². The second-order valence-electron chi connectivity index (χ2n) is 6.39. The first-order valence-electron chi connectivity index (χ1n) is 8.85. The third-order valence-electron chi connectivity index (χ3n) is 4.55. The predicted octanol–water partition coefficient (Wildman–Crippen LogP) is 2.06. The molecular weight excluding hydrogens is 338 g/mol. The van der Waals surface area contributed by atoms with Gasteiger partial charge in [0.1, 0.15) is 17.8 Å². The van der Waals surface area contributed by atoms with Crippen molar-refractivity contribution >= 4 is 11.9 Å². The molecule has 1 aromatic carbocycles. The maximum absolute atomic E-state index is 13.0. The number of ether oxygens (including phenoxy) is 3. The lowest BCUT2D eigenvalue weighted by molar-refractivity contribution is -0.155. The largest absolute Gasteiger partial charge is 0.490 e. The molecule has 1 fully saturated rings. The number of carboxylic acids is 1. The Balaban J connectivity index is 2.14. The van der Waals surface area contributed by atoms with E-state index in [1.54, 1.807) is 29.2 Å². The number of carbonyl (C=O) groups is 2. The molecule has 1 atom stereocenters. The molecule has 0 spiro atoms. The number of hydrogen-bond acceptors (Lipinski definition) is 5. The van der Waals surface area contributed by atoms with Gasteiger partial charge in [-0.25, -0.2) is 0 Å². The van der Waals surface area contributed by atoms with Crippen LogP contribution in [0.1, 0.15) is 30.1 Å². The third kappa shape index (κ3) is 4.74. The molecule has 1 saturated heterocycles. The van der Waals surface area contributed by atoms with Crippen molar-refractivity contribution in [2.75, 3.05) is 46.6 Å². The van der Waals surface area contributed by atoms with E-state index in [1.807, 2.05) is 6.92 Å². The molecule has 7 heteroatoms. The molecule has 1 N–H and O–H groups in total. The van der Waals surface area contributed by atoms with Crippen LogP contribution in [0.15, 0.2) is 24.3 Å². The van der Waals surface area contributed by atoms with Gasteiger partial charge in [-0.15, -0.1) is 0 Å². The molecule has 0 aromatic heterocycles. The lowest BCUT2D eigenvalue weighted by atomic mass is 9.80. The molecule has 0 saturated carbocycles. The second-order valence-corrected chi connectivity index (χ2v) is 6.39. The fourth-order valence-electron chi connectivity index (χ4n) is 3.23. The van der Waals surface area contributed by atoms with Crippen molar-refractivity contribution < 1.29 is 28.9 Å². The summed E-state index contributed by atoms with van der Waals surface area (Å²) in [5, 5.41) is 9.65. The molecule has 1 aromatic rings. The Labute approximate surface area is 153 Å². The number of carboxylic acid groups (broad SMARTS) is 1. The highest BCUT2D eigenvalue weighted by Gasteiger charge is 2.44. The van der Waals surface area contributed by atoms with Gasteiger partial charge in [0, 0.05) is 26.8 Å². The molecule has 0 bridgehead atoms. The van der Waals surface area contributed by atoms with Crippen LogP contribution in [-0.4, -0.2) is 68.5 Å². The monoisotopic (exact) mass is 365 g/mol. The first-order valence-corrected chi connectivity index (χ1v) is 8.85. The summed E-state index contributed by atoms with van der Waals surface area (Å²) in [6.45, 7) is 4.03. The Morgan fingerprint density at radius 3 is 2.73 bits per heavy atom. The van der Waals surface area contributed by atoms with E-state index in [0.29, 0.717) is 50.5 Å². The van der Waals surface area contributed by atoms with Crippen molar-refractivity contribution in [3.8, 4) is 5.75 Å². The van der Waals surface area contributed by atoms with E-state index in [9.17, 15) is 14.7 Å². The van der Waals surface area contributed by atoms with Crippen molar-refractivity contribution in [1.82, 2.24) is 4.90 Å². The van der Waals surface area contributed by atoms with Crippen LogP contribution in [0.4, 0.5) is 0 Å². The van der Waals surface area contributed by atoms with Crippen LogP contribution < -0.4 is 4.74 Å². The van der Waals surface area contributed by atoms with Crippen LogP contribution in [-0.2, 0) is 14.3 Å². The lowest BCUT2D eigenvalue weighted by Gasteiger charge is -2.39. The van der Waals surface area contributed by atoms with Gasteiger partial charge >= 0.3 is 5.97 Å². The molecular formula is C19H27NO6. The minimum atomic E-state index is -1.06. The molecule has 1 heterocycles. The summed E-state index contributed by atoms with van der Waals surface area (Å²) < 4.78 is 16.1. The van der Waals surface area contributed by atoms with Gasteiger partial charge in [-0.3, -0.25) is 9.59 Å². The van der Waals surface area contributed by atoms with Gasteiger partial charge in [0.25, 0.3) is 5.91 Å². The highest BCUT2D eigenvalue weighted by atomic mass is 16.5. The summed E-state index contributed by atoms with van der Waals surface area (Å²) in [7, 11) is 1.48. The number of piperidine rings is 1. The predicted molar refractivity (Wildman–Crippen MR) is 95.5 cm³/mol. The maximum atomic E-state index is 13.0. The summed E-state index contributed by atoms with van der Waals surface area (Å²) in [5.74, 6) is -0.674. The van der Waals surface area contributed by atoms with Gasteiger partial charge in [-0.1, -0.05) is 12.1 Å². The third-order valence-corrected chi connectivity index (χ3v) is 4.55. The molecule has 7 nitrogen and oxygen atoms in total. The number of benzene rings is 1. The van der Waals surface area contributed by atoms with E-state index < -0.39 is 11.4 Å². The number of hydrogen-bond donors (Lipinski definition) is 1. The van der Waals surface area contributed by atoms with Crippen molar-refractivity contribution in [2.45, 2.75) is 19.8 Å². The summed E-state index contributed by atoms with van der Waals surface area (Å²) in [5.41, 5.74) is -0.629. The smallest absolute Gasteiger partial charge is 0.313 e. The van der Waals surface area contributed by atoms with E-state index in [0.717, 1.165) is 0 Å².